The number of rotatable bonds is 5. The number of ether oxygens (including phenoxy) is 1. The van der Waals surface area contributed by atoms with Crippen molar-refractivity contribution < 1.29 is 14.1 Å². The average molecular weight is 349 g/mol. The van der Waals surface area contributed by atoms with Gasteiger partial charge in [-0.05, 0) is 30.2 Å². The first-order chi connectivity index (χ1) is 12.8. The molecule has 1 amide bonds. The van der Waals surface area contributed by atoms with E-state index in [1.54, 1.807) is 7.11 Å². The number of methoxy groups -OCH3 is 1. The first-order valence-corrected chi connectivity index (χ1v) is 8.60. The van der Waals surface area contributed by atoms with Crippen molar-refractivity contribution in [2.45, 2.75) is 19.3 Å². The topological polar surface area (TPSA) is 68.5 Å². The van der Waals surface area contributed by atoms with Crippen molar-refractivity contribution in [3.8, 4) is 17.1 Å². The van der Waals surface area contributed by atoms with Crippen LogP contribution >= 0.6 is 0 Å². The largest absolute Gasteiger partial charge is 0.496 e. The van der Waals surface area contributed by atoms with E-state index in [1.165, 1.54) is 5.56 Å². The van der Waals surface area contributed by atoms with Crippen LogP contribution in [0, 0.1) is 0 Å². The molecule has 0 N–H and O–H groups in total. The van der Waals surface area contributed by atoms with Gasteiger partial charge in [-0.2, -0.15) is 4.98 Å². The molecule has 2 aromatic carbocycles. The number of amides is 1. The predicted molar refractivity (Wildman–Crippen MR) is 97.1 cm³/mol. The van der Waals surface area contributed by atoms with E-state index in [1.807, 2.05) is 47.4 Å². The molecule has 6 heteroatoms. The van der Waals surface area contributed by atoms with E-state index in [0.29, 0.717) is 30.3 Å². The van der Waals surface area contributed by atoms with Gasteiger partial charge in [0.25, 0.3) is 0 Å². The highest BCUT2D eigenvalue weighted by Crippen LogP contribution is 2.29. The quantitative estimate of drug-likeness (QED) is 0.707. The van der Waals surface area contributed by atoms with Gasteiger partial charge in [0, 0.05) is 25.1 Å². The Morgan fingerprint density at radius 1 is 1.19 bits per heavy atom. The summed E-state index contributed by atoms with van der Waals surface area (Å²) in [6.45, 7) is 0.731. The molecule has 0 fully saturated rings. The van der Waals surface area contributed by atoms with Crippen LogP contribution in [0.4, 0.5) is 5.69 Å². The van der Waals surface area contributed by atoms with Crippen LogP contribution in [0.2, 0.25) is 0 Å². The Hall–Kier alpha value is -3.15. The van der Waals surface area contributed by atoms with Crippen LogP contribution in [0.3, 0.4) is 0 Å². The van der Waals surface area contributed by atoms with Crippen LogP contribution in [0.1, 0.15) is 17.9 Å². The number of para-hydroxylation sites is 2. The van der Waals surface area contributed by atoms with Crippen molar-refractivity contribution in [3.63, 3.8) is 0 Å². The van der Waals surface area contributed by atoms with Crippen molar-refractivity contribution in [2.75, 3.05) is 18.6 Å². The van der Waals surface area contributed by atoms with Gasteiger partial charge in [0.15, 0.2) is 0 Å². The van der Waals surface area contributed by atoms with Crippen molar-refractivity contribution in [3.05, 3.63) is 60.0 Å². The maximum atomic E-state index is 12.6. The molecule has 0 bridgehead atoms. The molecular formula is C20H19N3O3. The second-order valence-corrected chi connectivity index (χ2v) is 6.14. The summed E-state index contributed by atoms with van der Waals surface area (Å²) in [5, 5.41) is 4.02. The molecule has 0 aliphatic carbocycles. The number of anilines is 1. The molecule has 26 heavy (non-hydrogen) atoms. The minimum absolute atomic E-state index is 0.0759. The number of aromatic nitrogens is 2. The third-order valence-corrected chi connectivity index (χ3v) is 4.56. The van der Waals surface area contributed by atoms with Gasteiger partial charge in [-0.3, -0.25) is 4.79 Å². The molecule has 4 rings (SSSR count). The second kappa shape index (κ2) is 7.00. The number of fused-ring (bicyclic) bond motifs is 1. The van der Waals surface area contributed by atoms with Crippen molar-refractivity contribution in [1.82, 2.24) is 10.1 Å². The van der Waals surface area contributed by atoms with Crippen molar-refractivity contribution >= 4 is 11.6 Å². The third kappa shape index (κ3) is 3.06. The molecule has 0 spiro atoms. The Morgan fingerprint density at radius 2 is 2.00 bits per heavy atom. The molecule has 0 saturated carbocycles. The Bertz CT molecular complexity index is 935. The summed E-state index contributed by atoms with van der Waals surface area (Å²) < 4.78 is 10.6. The molecule has 1 aromatic heterocycles. The van der Waals surface area contributed by atoms with Gasteiger partial charge in [0.05, 0.1) is 12.7 Å². The second-order valence-electron chi connectivity index (χ2n) is 6.14. The molecule has 132 valence electrons. The van der Waals surface area contributed by atoms with E-state index in [9.17, 15) is 4.79 Å². The Balaban J connectivity index is 1.43. The lowest BCUT2D eigenvalue weighted by Gasteiger charge is -2.16. The summed E-state index contributed by atoms with van der Waals surface area (Å²) in [5.41, 5.74) is 3.00. The van der Waals surface area contributed by atoms with Gasteiger partial charge in [0.1, 0.15) is 5.75 Å². The lowest BCUT2D eigenvalue weighted by molar-refractivity contribution is -0.118. The number of carbonyl (C=O) groups is 1. The van der Waals surface area contributed by atoms with E-state index in [4.69, 9.17) is 9.26 Å². The van der Waals surface area contributed by atoms with Crippen LogP contribution in [0.5, 0.6) is 5.75 Å². The molecule has 1 aliphatic heterocycles. The van der Waals surface area contributed by atoms with E-state index >= 15 is 0 Å². The minimum Gasteiger partial charge on any atom is -0.496 e. The van der Waals surface area contributed by atoms with Crippen LogP contribution in [-0.4, -0.2) is 29.7 Å². The number of nitrogens with zero attached hydrogens (tertiary/aromatic N) is 3. The van der Waals surface area contributed by atoms with Gasteiger partial charge in [-0.25, -0.2) is 0 Å². The molecule has 2 heterocycles. The van der Waals surface area contributed by atoms with Crippen LogP contribution < -0.4 is 9.64 Å². The molecule has 0 unspecified atom stereocenters. The number of benzene rings is 2. The maximum Gasteiger partial charge on any atom is 0.227 e. The number of hydrogen-bond acceptors (Lipinski definition) is 5. The summed E-state index contributed by atoms with van der Waals surface area (Å²) in [5.74, 6) is 1.68. The summed E-state index contributed by atoms with van der Waals surface area (Å²) >= 11 is 0. The van der Waals surface area contributed by atoms with Crippen LogP contribution in [-0.2, 0) is 17.6 Å². The van der Waals surface area contributed by atoms with Gasteiger partial charge >= 0.3 is 0 Å². The van der Waals surface area contributed by atoms with Crippen molar-refractivity contribution in [2.24, 2.45) is 0 Å². The highest BCUT2D eigenvalue weighted by Gasteiger charge is 2.24. The summed E-state index contributed by atoms with van der Waals surface area (Å²) in [4.78, 5) is 18.8. The van der Waals surface area contributed by atoms with Crippen LogP contribution in [0.15, 0.2) is 53.1 Å². The first-order valence-electron chi connectivity index (χ1n) is 8.60. The van der Waals surface area contributed by atoms with Gasteiger partial charge in [-0.1, -0.05) is 35.5 Å². The summed E-state index contributed by atoms with van der Waals surface area (Å²) in [6.07, 6.45) is 1.65. The molecule has 0 radical (unpaired) electrons. The SMILES string of the molecule is COc1ccccc1-c1noc(CCC(=O)N2CCc3ccccc32)n1. The first kappa shape index (κ1) is 16.3. The number of aryl methyl sites for hydroxylation is 1. The monoisotopic (exact) mass is 349 g/mol. The fourth-order valence-electron chi connectivity index (χ4n) is 3.24. The Kier molecular flexibility index (Phi) is 4.39. The zero-order valence-electron chi connectivity index (χ0n) is 14.5. The summed E-state index contributed by atoms with van der Waals surface area (Å²) in [7, 11) is 1.60. The summed E-state index contributed by atoms with van der Waals surface area (Å²) in [6, 6.07) is 15.5. The third-order valence-electron chi connectivity index (χ3n) is 4.56. The average Bonchev–Trinajstić information content (AvgIpc) is 3.33. The smallest absolute Gasteiger partial charge is 0.227 e. The molecule has 6 nitrogen and oxygen atoms in total. The highest BCUT2D eigenvalue weighted by molar-refractivity contribution is 5.95. The van der Waals surface area contributed by atoms with E-state index in [0.717, 1.165) is 24.2 Å². The molecule has 0 saturated heterocycles. The van der Waals surface area contributed by atoms with Gasteiger partial charge < -0.3 is 14.2 Å². The van der Waals surface area contributed by atoms with E-state index in [-0.39, 0.29) is 5.91 Å². The fraction of sp³-hybridized carbons (Fsp3) is 0.250. The van der Waals surface area contributed by atoms with Gasteiger partial charge in [-0.15, -0.1) is 0 Å². The van der Waals surface area contributed by atoms with Crippen LogP contribution in [0.25, 0.3) is 11.4 Å². The normalized spacial score (nSPS) is 12.9. The Morgan fingerprint density at radius 3 is 2.88 bits per heavy atom. The minimum atomic E-state index is 0.0759. The lowest BCUT2D eigenvalue weighted by Crippen LogP contribution is -2.29. The molecular weight excluding hydrogens is 330 g/mol. The van der Waals surface area contributed by atoms with Gasteiger partial charge in [0.2, 0.25) is 17.6 Å². The predicted octanol–water partition coefficient (Wildman–Crippen LogP) is 3.27. The Labute approximate surface area is 151 Å². The fourth-order valence-corrected chi connectivity index (χ4v) is 3.24. The van der Waals surface area contributed by atoms with Crippen molar-refractivity contribution in [1.29, 1.82) is 0 Å². The lowest BCUT2D eigenvalue weighted by atomic mass is 10.2. The van der Waals surface area contributed by atoms with E-state index < -0.39 is 0 Å². The number of carbonyl (C=O) groups excluding carboxylic acids is 1. The standard InChI is InChI=1S/C20H19N3O3/c1-25-17-9-5-3-7-15(17)20-21-18(26-22-20)10-11-19(24)23-13-12-14-6-2-4-8-16(14)23/h2-9H,10-13H2,1H3. The molecule has 1 aliphatic rings. The molecule has 3 aromatic rings. The zero-order chi connectivity index (χ0) is 17.9. The maximum absolute atomic E-state index is 12.6. The molecule has 0 atom stereocenters. The number of hydrogen-bond donors (Lipinski definition) is 0. The highest BCUT2D eigenvalue weighted by atomic mass is 16.5. The zero-order valence-corrected chi connectivity index (χ0v) is 14.5. The van der Waals surface area contributed by atoms with E-state index in [2.05, 4.69) is 16.2 Å².